The summed E-state index contributed by atoms with van der Waals surface area (Å²) in [4.78, 5) is 0. The first-order valence-corrected chi connectivity index (χ1v) is 15.3. The molecular weight excluding hydrogens is 460 g/mol. The zero-order valence-electron chi connectivity index (χ0n) is 20.3. The van der Waals surface area contributed by atoms with Crippen LogP contribution in [-0.2, 0) is 0 Å². The van der Waals surface area contributed by atoms with Gasteiger partial charge in [0.15, 0.2) is 0 Å². The highest BCUT2D eigenvalue weighted by atomic mass is 31.2. The third-order valence-corrected chi connectivity index (χ3v) is 12.7. The first-order chi connectivity index (χ1) is 17.4. The lowest BCUT2D eigenvalue weighted by Gasteiger charge is -2.42. The Morgan fingerprint density at radius 3 is 1.40 bits per heavy atom. The van der Waals surface area contributed by atoms with Crippen LogP contribution in [0, 0.1) is 0 Å². The molecule has 0 saturated carbocycles. The summed E-state index contributed by atoms with van der Waals surface area (Å²) >= 11 is 0. The molecule has 0 N–H and O–H groups in total. The lowest BCUT2D eigenvalue weighted by atomic mass is 10.1. The van der Waals surface area contributed by atoms with Crippen molar-refractivity contribution in [1.29, 1.82) is 0 Å². The molecule has 0 radical (unpaired) electrons. The Morgan fingerprint density at radius 1 is 0.600 bits per heavy atom. The number of nitrogens with zero attached hydrogens (tertiary/aromatic N) is 1. The topological polar surface area (TPSA) is 3.24 Å². The molecule has 4 aromatic carbocycles. The predicted octanol–water partition coefficient (Wildman–Crippen LogP) is 8.59. The molecular formula is C32H33NP2. The molecule has 5 rings (SSSR count). The van der Waals surface area contributed by atoms with Gasteiger partial charge in [-0.15, -0.1) is 0 Å². The molecule has 0 bridgehead atoms. The molecule has 0 spiro atoms. The van der Waals surface area contributed by atoms with E-state index in [0.717, 1.165) is 6.54 Å². The van der Waals surface area contributed by atoms with Crippen LogP contribution in [0.5, 0.6) is 0 Å². The van der Waals surface area contributed by atoms with Crippen LogP contribution >= 0.6 is 16.1 Å². The fourth-order valence-electron chi connectivity index (χ4n) is 4.85. The standard InChI is InChI=1S/C32H33NP2/c1-2-3-26-33(34(29-20-12-6-13-21-29)30-22-14-7-15-23-30)35-31(27-16-8-4-9-17-27)24-25-32(35)28-18-10-5-11-19-28/h4-25,31-32H,2-3,26H2,1H3/t31-,32?,35?/m0/s1. The summed E-state index contributed by atoms with van der Waals surface area (Å²) < 4.78 is 2.94. The van der Waals surface area contributed by atoms with E-state index >= 15 is 0 Å². The summed E-state index contributed by atoms with van der Waals surface area (Å²) in [7, 11) is -1.18. The van der Waals surface area contributed by atoms with Crippen molar-refractivity contribution in [2.45, 2.75) is 31.1 Å². The van der Waals surface area contributed by atoms with Crippen LogP contribution in [0.15, 0.2) is 133 Å². The van der Waals surface area contributed by atoms with Gasteiger partial charge in [-0.3, -0.25) is 4.44 Å². The Balaban J connectivity index is 1.66. The largest absolute Gasteiger partial charge is 0.251 e. The van der Waals surface area contributed by atoms with E-state index in [9.17, 15) is 0 Å². The van der Waals surface area contributed by atoms with Gasteiger partial charge in [0.05, 0.1) is 0 Å². The van der Waals surface area contributed by atoms with Crippen LogP contribution in [-0.4, -0.2) is 11.0 Å². The summed E-state index contributed by atoms with van der Waals surface area (Å²) in [6, 6.07) is 44.8. The van der Waals surface area contributed by atoms with Crippen molar-refractivity contribution in [3.8, 4) is 0 Å². The van der Waals surface area contributed by atoms with Crippen molar-refractivity contribution in [1.82, 2.24) is 4.44 Å². The van der Waals surface area contributed by atoms with Gasteiger partial charge in [-0.1, -0.05) is 147 Å². The molecule has 35 heavy (non-hydrogen) atoms. The van der Waals surface area contributed by atoms with Gasteiger partial charge >= 0.3 is 0 Å². The first-order valence-electron chi connectivity index (χ1n) is 12.6. The van der Waals surface area contributed by atoms with Gasteiger partial charge in [0.1, 0.15) is 0 Å². The fraction of sp³-hybridized carbons (Fsp3) is 0.188. The van der Waals surface area contributed by atoms with Gasteiger partial charge in [0.25, 0.3) is 0 Å². The van der Waals surface area contributed by atoms with Crippen molar-refractivity contribution >= 4 is 26.8 Å². The lowest BCUT2D eigenvalue weighted by Crippen LogP contribution is -2.28. The highest BCUT2D eigenvalue weighted by Crippen LogP contribution is 2.73. The molecule has 2 unspecified atom stereocenters. The Bertz CT molecular complexity index is 1110. The molecule has 4 aromatic rings. The Hall–Kier alpha value is -2.56. The summed E-state index contributed by atoms with van der Waals surface area (Å²) in [5, 5.41) is 2.88. The molecule has 0 amide bonds. The third kappa shape index (κ3) is 5.49. The van der Waals surface area contributed by atoms with E-state index in [4.69, 9.17) is 0 Å². The van der Waals surface area contributed by atoms with E-state index in [1.165, 1.54) is 34.6 Å². The van der Waals surface area contributed by atoms with Crippen LogP contribution in [0.4, 0.5) is 0 Å². The van der Waals surface area contributed by atoms with Crippen molar-refractivity contribution in [2.24, 2.45) is 0 Å². The molecule has 0 fully saturated rings. The maximum atomic E-state index is 2.94. The number of hydrogen-bond donors (Lipinski definition) is 0. The molecule has 0 saturated heterocycles. The molecule has 1 aliphatic rings. The van der Waals surface area contributed by atoms with Crippen molar-refractivity contribution < 1.29 is 0 Å². The number of benzene rings is 4. The van der Waals surface area contributed by atoms with Crippen molar-refractivity contribution in [3.05, 3.63) is 145 Å². The van der Waals surface area contributed by atoms with Gasteiger partial charge in [-0.05, 0) is 36.2 Å². The molecule has 1 aliphatic heterocycles. The highest BCUT2D eigenvalue weighted by Gasteiger charge is 2.41. The minimum absolute atomic E-state index is 0.422. The fourth-order valence-corrected chi connectivity index (χ4v) is 11.8. The lowest BCUT2D eigenvalue weighted by molar-refractivity contribution is 0.633. The maximum Gasteiger partial charge on any atom is 0.0365 e. The normalized spacial score (nSPS) is 19.5. The van der Waals surface area contributed by atoms with Crippen LogP contribution in [0.3, 0.4) is 0 Å². The second-order valence-corrected chi connectivity index (χ2v) is 13.7. The number of rotatable bonds is 9. The monoisotopic (exact) mass is 493 g/mol. The molecule has 0 aliphatic carbocycles. The first kappa shape index (κ1) is 24.1. The molecule has 3 heteroatoms. The zero-order valence-corrected chi connectivity index (χ0v) is 22.1. The second kappa shape index (κ2) is 11.9. The van der Waals surface area contributed by atoms with Crippen molar-refractivity contribution in [2.75, 3.05) is 6.54 Å². The molecule has 0 aromatic heterocycles. The summed E-state index contributed by atoms with van der Waals surface area (Å²) in [5.74, 6) is 0. The number of unbranched alkanes of at least 4 members (excludes halogenated alkanes) is 1. The van der Waals surface area contributed by atoms with Crippen LogP contribution in [0.25, 0.3) is 0 Å². The summed E-state index contributed by atoms with van der Waals surface area (Å²) in [6.45, 7) is 3.43. The van der Waals surface area contributed by atoms with E-state index in [2.05, 4.69) is 145 Å². The second-order valence-electron chi connectivity index (χ2n) is 8.91. The number of allylic oxidation sites excluding steroid dienone is 2. The predicted molar refractivity (Wildman–Crippen MR) is 155 cm³/mol. The summed E-state index contributed by atoms with van der Waals surface area (Å²) in [5.41, 5.74) is 3.72. The van der Waals surface area contributed by atoms with Gasteiger partial charge < -0.3 is 0 Å². The SMILES string of the molecule is CCCCN(P(c1ccccc1)c1ccccc1)P1C(c2ccccc2)C=C[C@H]1c1ccccc1. The van der Waals surface area contributed by atoms with Gasteiger partial charge in [-0.2, -0.15) is 0 Å². The van der Waals surface area contributed by atoms with E-state index in [1.807, 2.05) is 0 Å². The van der Waals surface area contributed by atoms with E-state index in [0.29, 0.717) is 11.3 Å². The smallest absolute Gasteiger partial charge is 0.0365 e. The number of hydrogen-bond acceptors (Lipinski definition) is 1. The Kier molecular flexibility index (Phi) is 8.22. The average molecular weight is 494 g/mol. The van der Waals surface area contributed by atoms with Crippen LogP contribution in [0.2, 0.25) is 0 Å². The van der Waals surface area contributed by atoms with Crippen LogP contribution < -0.4 is 10.6 Å². The molecule has 3 atom stereocenters. The quantitative estimate of drug-likeness (QED) is 0.167. The van der Waals surface area contributed by atoms with E-state index in [-0.39, 0.29) is 0 Å². The highest BCUT2D eigenvalue weighted by molar-refractivity contribution is 7.79. The molecule has 176 valence electrons. The van der Waals surface area contributed by atoms with E-state index in [1.54, 1.807) is 0 Å². The van der Waals surface area contributed by atoms with Gasteiger partial charge in [0.2, 0.25) is 0 Å². The minimum Gasteiger partial charge on any atom is -0.251 e. The Labute approximate surface area is 213 Å². The molecule has 1 heterocycles. The maximum absolute atomic E-state index is 2.94. The molecule has 1 nitrogen and oxygen atoms in total. The Morgan fingerprint density at radius 2 is 1.00 bits per heavy atom. The van der Waals surface area contributed by atoms with Gasteiger partial charge in [-0.25, -0.2) is 0 Å². The van der Waals surface area contributed by atoms with Crippen LogP contribution in [0.1, 0.15) is 42.2 Å². The van der Waals surface area contributed by atoms with Gasteiger partial charge in [0, 0.05) is 25.9 Å². The van der Waals surface area contributed by atoms with E-state index < -0.39 is 16.1 Å². The third-order valence-electron chi connectivity index (χ3n) is 6.54. The minimum atomic E-state index is -0.649. The average Bonchev–Trinajstić information content (AvgIpc) is 3.38. The zero-order chi connectivity index (χ0) is 23.9. The summed E-state index contributed by atoms with van der Waals surface area (Å²) in [6.07, 6.45) is 7.41. The van der Waals surface area contributed by atoms with Crippen molar-refractivity contribution in [3.63, 3.8) is 0 Å².